The van der Waals surface area contributed by atoms with E-state index < -0.39 is 10.0 Å². The monoisotopic (exact) mass is 378 g/mol. The number of aryl methyl sites for hydroxylation is 1. The van der Waals surface area contributed by atoms with Crippen molar-refractivity contribution in [1.29, 1.82) is 0 Å². The number of nitrogens with one attached hydrogen (secondary N) is 1. The van der Waals surface area contributed by atoms with E-state index in [0.717, 1.165) is 17.4 Å². The molecule has 0 saturated carbocycles. The van der Waals surface area contributed by atoms with Crippen molar-refractivity contribution in [3.05, 3.63) is 71.0 Å². The predicted octanol–water partition coefficient (Wildman–Crippen LogP) is 2.25. The van der Waals surface area contributed by atoms with Crippen LogP contribution in [0.5, 0.6) is 0 Å². The van der Waals surface area contributed by atoms with Gasteiger partial charge in [0.2, 0.25) is 15.9 Å². The third-order valence-electron chi connectivity index (χ3n) is 3.91. The Bertz CT molecular complexity index is 834. The molecule has 0 radical (unpaired) electrons. The zero-order valence-electron chi connectivity index (χ0n) is 14.9. The number of amides is 1. The van der Waals surface area contributed by atoms with Crippen LogP contribution in [0.3, 0.4) is 0 Å². The van der Waals surface area contributed by atoms with Crippen molar-refractivity contribution in [3.63, 3.8) is 0 Å². The summed E-state index contributed by atoms with van der Waals surface area (Å²) in [4.78, 5) is 12.0. The molecule has 0 aromatic heterocycles. The van der Waals surface area contributed by atoms with Gasteiger partial charge in [-0.1, -0.05) is 42.0 Å². The van der Waals surface area contributed by atoms with Gasteiger partial charge in [0.25, 0.3) is 0 Å². The number of halogens is 1. The Morgan fingerprint density at radius 3 is 2.19 bits per heavy atom. The highest BCUT2D eigenvalue weighted by Gasteiger charge is 2.17. The zero-order chi connectivity index (χ0) is 19.2. The molecule has 0 fully saturated rings. The summed E-state index contributed by atoms with van der Waals surface area (Å²) in [6.07, 6.45) is 1.28. The van der Waals surface area contributed by atoms with Gasteiger partial charge in [0.05, 0.1) is 12.7 Å². The molecule has 140 valence electrons. The van der Waals surface area contributed by atoms with E-state index in [4.69, 9.17) is 0 Å². The highest BCUT2D eigenvalue weighted by molar-refractivity contribution is 7.88. The van der Waals surface area contributed by atoms with E-state index in [1.807, 2.05) is 31.2 Å². The fourth-order valence-electron chi connectivity index (χ4n) is 2.43. The lowest BCUT2D eigenvalue weighted by atomic mass is 10.1. The average Bonchev–Trinajstić information content (AvgIpc) is 2.57. The van der Waals surface area contributed by atoms with Crippen LogP contribution in [-0.4, -0.2) is 38.0 Å². The summed E-state index contributed by atoms with van der Waals surface area (Å²) in [5.74, 6) is -0.588. The largest absolute Gasteiger partial charge is 0.354 e. The second-order valence-corrected chi connectivity index (χ2v) is 8.22. The third-order valence-corrected chi connectivity index (χ3v) is 5.16. The van der Waals surface area contributed by atoms with E-state index in [1.54, 1.807) is 12.1 Å². The van der Waals surface area contributed by atoms with E-state index in [-0.39, 0.29) is 37.8 Å². The van der Waals surface area contributed by atoms with E-state index in [2.05, 4.69) is 5.32 Å². The highest BCUT2D eigenvalue weighted by Crippen LogP contribution is 2.09. The van der Waals surface area contributed by atoms with Crippen molar-refractivity contribution < 1.29 is 17.6 Å². The number of carbonyl (C=O) groups is 1. The number of hydrogen-bond acceptors (Lipinski definition) is 3. The number of hydrogen-bond donors (Lipinski definition) is 1. The van der Waals surface area contributed by atoms with Gasteiger partial charge in [-0.2, -0.15) is 4.31 Å². The molecular formula is C19H23FN2O3S. The first kappa shape index (κ1) is 20.1. The lowest BCUT2D eigenvalue weighted by Crippen LogP contribution is -2.38. The van der Waals surface area contributed by atoms with Gasteiger partial charge in [0, 0.05) is 19.6 Å². The van der Waals surface area contributed by atoms with Gasteiger partial charge in [0.15, 0.2) is 0 Å². The van der Waals surface area contributed by atoms with Crippen LogP contribution < -0.4 is 5.32 Å². The van der Waals surface area contributed by atoms with Crippen LogP contribution in [0, 0.1) is 12.7 Å². The van der Waals surface area contributed by atoms with Crippen molar-refractivity contribution in [1.82, 2.24) is 9.62 Å². The molecule has 0 atom stereocenters. The molecule has 7 heteroatoms. The number of nitrogens with zero attached hydrogens (tertiary/aromatic N) is 1. The minimum atomic E-state index is -3.39. The van der Waals surface area contributed by atoms with Crippen LogP contribution in [-0.2, 0) is 27.8 Å². The first-order valence-electron chi connectivity index (χ1n) is 8.26. The summed E-state index contributed by atoms with van der Waals surface area (Å²) in [6, 6.07) is 13.3. The van der Waals surface area contributed by atoms with Crippen molar-refractivity contribution in [2.45, 2.75) is 19.9 Å². The van der Waals surface area contributed by atoms with Gasteiger partial charge in [-0.3, -0.25) is 4.79 Å². The summed E-state index contributed by atoms with van der Waals surface area (Å²) in [7, 11) is -3.39. The fourth-order valence-corrected chi connectivity index (χ4v) is 3.24. The molecule has 0 heterocycles. The van der Waals surface area contributed by atoms with Gasteiger partial charge >= 0.3 is 0 Å². The molecule has 5 nitrogen and oxygen atoms in total. The van der Waals surface area contributed by atoms with Gasteiger partial charge in [-0.15, -0.1) is 0 Å². The van der Waals surface area contributed by atoms with E-state index in [0.29, 0.717) is 5.56 Å². The van der Waals surface area contributed by atoms with Crippen LogP contribution in [0.15, 0.2) is 48.5 Å². The molecule has 2 rings (SSSR count). The summed E-state index contributed by atoms with van der Waals surface area (Å²) >= 11 is 0. The fraction of sp³-hybridized carbons (Fsp3) is 0.316. The molecule has 2 aromatic rings. The third kappa shape index (κ3) is 6.57. The molecule has 0 aliphatic heterocycles. The molecule has 0 aliphatic rings. The summed E-state index contributed by atoms with van der Waals surface area (Å²) in [6.45, 7) is 2.61. The Hall–Kier alpha value is -2.25. The van der Waals surface area contributed by atoms with Crippen LogP contribution in [0.4, 0.5) is 4.39 Å². The Morgan fingerprint density at radius 1 is 1.04 bits per heavy atom. The quantitative estimate of drug-likeness (QED) is 0.766. The predicted molar refractivity (Wildman–Crippen MR) is 99.5 cm³/mol. The topological polar surface area (TPSA) is 66.5 Å². The Labute approximate surface area is 153 Å². The van der Waals surface area contributed by atoms with Crippen molar-refractivity contribution in [2.75, 3.05) is 19.3 Å². The number of rotatable bonds is 8. The van der Waals surface area contributed by atoms with E-state index in [9.17, 15) is 17.6 Å². The summed E-state index contributed by atoms with van der Waals surface area (Å²) in [5.41, 5.74) is 2.69. The lowest BCUT2D eigenvalue weighted by molar-refractivity contribution is -0.120. The van der Waals surface area contributed by atoms with Crippen LogP contribution in [0.1, 0.15) is 16.7 Å². The molecule has 1 amide bonds. The minimum absolute atomic E-state index is 0.122. The molecule has 0 unspecified atom stereocenters. The maximum Gasteiger partial charge on any atom is 0.224 e. The maximum atomic E-state index is 12.9. The first-order valence-corrected chi connectivity index (χ1v) is 10.1. The number of carbonyl (C=O) groups excluding carboxylic acids is 1. The molecule has 26 heavy (non-hydrogen) atoms. The smallest absolute Gasteiger partial charge is 0.224 e. The van der Waals surface area contributed by atoms with Crippen molar-refractivity contribution >= 4 is 15.9 Å². The Balaban J connectivity index is 1.87. The highest BCUT2D eigenvalue weighted by atomic mass is 32.2. The van der Waals surface area contributed by atoms with Gasteiger partial charge in [-0.25, -0.2) is 12.8 Å². The molecule has 2 aromatic carbocycles. The minimum Gasteiger partial charge on any atom is -0.354 e. The molecular weight excluding hydrogens is 355 g/mol. The van der Waals surface area contributed by atoms with Gasteiger partial charge in [-0.05, 0) is 30.2 Å². The summed E-state index contributed by atoms with van der Waals surface area (Å²) < 4.78 is 38.2. The van der Waals surface area contributed by atoms with E-state index in [1.165, 1.54) is 16.4 Å². The molecule has 0 spiro atoms. The Morgan fingerprint density at radius 2 is 1.62 bits per heavy atom. The standard InChI is InChI=1S/C19H23FN2O3S/c1-15-3-5-17(6-4-15)14-22(26(2,24)25)12-11-21-19(23)13-16-7-9-18(20)10-8-16/h3-10H,11-14H2,1-2H3,(H,21,23). The maximum absolute atomic E-state index is 12.9. The van der Waals surface area contributed by atoms with E-state index >= 15 is 0 Å². The second-order valence-electron chi connectivity index (χ2n) is 6.24. The normalized spacial score (nSPS) is 11.5. The van der Waals surface area contributed by atoms with Crippen LogP contribution in [0.25, 0.3) is 0 Å². The first-order chi connectivity index (χ1) is 12.2. The molecule has 0 aliphatic carbocycles. The molecule has 0 bridgehead atoms. The summed E-state index contributed by atoms with van der Waals surface area (Å²) in [5, 5.41) is 2.70. The number of benzene rings is 2. The van der Waals surface area contributed by atoms with Crippen LogP contribution >= 0.6 is 0 Å². The van der Waals surface area contributed by atoms with Gasteiger partial charge < -0.3 is 5.32 Å². The lowest BCUT2D eigenvalue weighted by Gasteiger charge is -2.20. The zero-order valence-corrected chi connectivity index (χ0v) is 15.7. The molecule has 1 N–H and O–H groups in total. The number of sulfonamides is 1. The SMILES string of the molecule is Cc1ccc(CN(CCNC(=O)Cc2ccc(F)cc2)S(C)(=O)=O)cc1. The van der Waals surface area contributed by atoms with Gasteiger partial charge in [0.1, 0.15) is 5.82 Å². The Kier molecular flexibility index (Phi) is 6.88. The second kappa shape index (κ2) is 8.91. The molecule has 0 saturated heterocycles. The van der Waals surface area contributed by atoms with Crippen molar-refractivity contribution in [2.24, 2.45) is 0 Å². The average molecular weight is 378 g/mol. The van der Waals surface area contributed by atoms with Crippen LogP contribution in [0.2, 0.25) is 0 Å². The van der Waals surface area contributed by atoms with Crippen molar-refractivity contribution in [3.8, 4) is 0 Å².